The lowest BCUT2D eigenvalue weighted by molar-refractivity contribution is -0.124. The van der Waals surface area contributed by atoms with Gasteiger partial charge < -0.3 is 19.8 Å². The molecular formula is C24H26N4O3. The van der Waals surface area contributed by atoms with E-state index in [1.807, 2.05) is 52.0 Å². The third-order valence-electron chi connectivity index (χ3n) is 4.22. The van der Waals surface area contributed by atoms with Crippen LogP contribution in [-0.2, 0) is 4.79 Å². The predicted octanol–water partition coefficient (Wildman–Crippen LogP) is 4.32. The Labute approximate surface area is 181 Å². The molecule has 0 atom stereocenters. The highest BCUT2D eigenvalue weighted by atomic mass is 16.5. The van der Waals surface area contributed by atoms with E-state index < -0.39 is 0 Å². The highest BCUT2D eigenvalue weighted by molar-refractivity contribution is 5.90. The van der Waals surface area contributed by atoms with Gasteiger partial charge >= 0.3 is 0 Å². The van der Waals surface area contributed by atoms with Crippen LogP contribution in [0.15, 0.2) is 42.5 Å². The second kappa shape index (κ2) is 9.35. The number of ether oxygens (including phenoxy) is 2. The van der Waals surface area contributed by atoms with E-state index in [0.717, 1.165) is 16.6 Å². The van der Waals surface area contributed by atoms with Crippen molar-refractivity contribution >= 4 is 28.6 Å². The SMILES string of the molecule is CCOc1cc(/C=C(\C#N)c2nc3ccccc3[nH]2)ccc1OCC(=O)NC(C)(C)C. The molecule has 3 aromatic rings. The third-order valence-corrected chi connectivity index (χ3v) is 4.22. The van der Waals surface area contributed by atoms with Gasteiger partial charge in [-0.1, -0.05) is 18.2 Å². The maximum atomic E-state index is 12.1. The maximum Gasteiger partial charge on any atom is 0.258 e. The summed E-state index contributed by atoms with van der Waals surface area (Å²) in [6.45, 7) is 7.92. The number of imidazole rings is 1. The lowest BCUT2D eigenvalue weighted by Crippen LogP contribution is -2.43. The average molecular weight is 418 g/mol. The number of nitriles is 1. The highest BCUT2D eigenvalue weighted by Crippen LogP contribution is 2.30. The van der Waals surface area contributed by atoms with E-state index in [-0.39, 0.29) is 18.1 Å². The van der Waals surface area contributed by atoms with Gasteiger partial charge in [0.1, 0.15) is 11.9 Å². The van der Waals surface area contributed by atoms with Gasteiger partial charge in [0, 0.05) is 5.54 Å². The summed E-state index contributed by atoms with van der Waals surface area (Å²) in [5.41, 5.74) is 2.49. The topological polar surface area (TPSA) is 100 Å². The Bertz CT molecular complexity index is 1120. The summed E-state index contributed by atoms with van der Waals surface area (Å²) in [6, 6.07) is 15.1. The van der Waals surface area contributed by atoms with Crippen LogP contribution in [0.5, 0.6) is 11.5 Å². The summed E-state index contributed by atoms with van der Waals surface area (Å²) in [7, 11) is 0. The zero-order chi connectivity index (χ0) is 22.4. The quantitative estimate of drug-likeness (QED) is 0.557. The lowest BCUT2D eigenvalue weighted by atomic mass is 10.1. The van der Waals surface area contributed by atoms with Crippen LogP contribution < -0.4 is 14.8 Å². The number of rotatable bonds is 7. The summed E-state index contributed by atoms with van der Waals surface area (Å²) >= 11 is 0. The average Bonchev–Trinajstić information content (AvgIpc) is 3.14. The third kappa shape index (κ3) is 5.86. The summed E-state index contributed by atoms with van der Waals surface area (Å²) < 4.78 is 11.4. The number of allylic oxidation sites excluding steroid dienone is 1. The number of H-pyrrole nitrogens is 1. The minimum absolute atomic E-state index is 0.116. The molecule has 0 radical (unpaired) electrons. The largest absolute Gasteiger partial charge is 0.490 e. The van der Waals surface area contributed by atoms with Gasteiger partial charge in [0.2, 0.25) is 0 Å². The van der Waals surface area contributed by atoms with Crippen LogP contribution in [0.3, 0.4) is 0 Å². The number of carbonyl (C=O) groups is 1. The summed E-state index contributed by atoms with van der Waals surface area (Å²) in [4.78, 5) is 19.7. The molecule has 0 saturated carbocycles. The molecule has 3 rings (SSSR count). The Morgan fingerprint density at radius 1 is 1.19 bits per heavy atom. The molecule has 1 aromatic heterocycles. The number of aromatic amines is 1. The van der Waals surface area contributed by atoms with Crippen LogP contribution in [-0.4, -0.2) is 34.6 Å². The van der Waals surface area contributed by atoms with Gasteiger partial charge in [-0.15, -0.1) is 0 Å². The summed E-state index contributed by atoms with van der Waals surface area (Å²) in [5, 5.41) is 12.5. The molecule has 160 valence electrons. The predicted molar refractivity (Wildman–Crippen MR) is 121 cm³/mol. The molecule has 7 heteroatoms. The second-order valence-corrected chi connectivity index (χ2v) is 8.00. The molecule has 0 aliphatic carbocycles. The van der Waals surface area contributed by atoms with Gasteiger partial charge in [-0.3, -0.25) is 4.79 Å². The first-order valence-corrected chi connectivity index (χ1v) is 10.1. The molecule has 1 amide bonds. The van der Waals surface area contributed by atoms with Crippen LogP contribution in [0.2, 0.25) is 0 Å². The van der Waals surface area contributed by atoms with E-state index in [4.69, 9.17) is 9.47 Å². The van der Waals surface area contributed by atoms with Crippen molar-refractivity contribution in [3.63, 3.8) is 0 Å². The number of nitrogens with zero attached hydrogens (tertiary/aromatic N) is 2. The van der Waals surface area contributed by atoms with Gasteiger partial charge in [-0.2, -0.15) is 5.26 Å². The number of aromatic nitrogens is 2. The molecule has 0 saturated heterocycles. The molecule has 0 bridgehead atoms. The first kappa shape index (κ1) is 21.9. The van der Waals surface area contributed by atoms with Crippen molar-refractivity contribution in [1.29, 1.82) is 5.26 Å². The number of benzene rings is 2. The Morgan fingerprint density at radius 3 is 2.65 bits per heavy atom. The first-order valence-electron chi connectivity index (χ1n) is 10.1. The lowest BCUT2D eigenvalue weighted by Gasteiger charge is -2.20. The Kier molecular flexibility index (Phi) is 6.61. The molecule has 0 fully saturated rings. The van der Waals surface area contributed by atoms with Crippen molar-refractivity contribution in [2.24, 2.45) is 0 Å². The van der Waals surface area contributed by atoms with E-state index in [9.17, 15) is 10.1 Å². The summed E-state index contributed by atoms with van der Waals surface area (Å²) in [5.74, 6) is 1.25. The van der Waals surface area contributed by atoms with E-state index >= 15 is 0 Å². The molecule has 0 unspecified atom stereocenters. The van der Waals surface area contributed by atoms with E-state index in [1.165, 1.54) is 0 Å². The Hall–Kier alpha value is -3.79. The van der Waals surface area contributed by atoms with Crippen molar-refractivity contribution in [2.75, 3.05) is 13.2 Å². The number of nitrogens with one attached hydrogen (secondary N) is 2. The zero-order valence-corrected chi connectivity index (χ0v) is 18.2. The van der Waals surface area contributed by atoms with E-state index in [0.29, 0.717) is 29.5 Å². The van der Waals surface area contributed by atoms with Crippen LogP contribution in [0.25, 0.3) is 22.7 Å². The summed E-state index contributed by atoms with van der Waals surface area (Å²) in [6.07, 6.45) is 1.73. The minimum Gasteiger partial charge on any atom is -0.490 e. The van der Waals surface area contributed by atoms with Crippen molar-refractivity contribution in [2.45, 2.75) is 33.2 Å². The normalized spacial score (nSPS) is 11.8. The fourth-order valence-corrected chi connectivity index (χ4v) is 3.00. The monoisotopic (exact) mass is 418 g/mol. The zero-order valence-electron chi connectivity index (χ0n) is 18.2. The molecular weight excluding hydrogens is 392 g/mol. The molecule has 2 N–H and O–H groups in total. The number of hydrogen-bond acceptors (Lipinski definition) is 5. The van der Waals surface area contributed by atoms with Gasteiger partial charge in [-0.05, 0) is 63.6 Å². The number of para-hydroxylation sites is 2. The fraction of sp³-hybridized carbons (Fsp3) is 0.292. The van der Waals surface area contributed by atoms with Crippen molar-refractivity contribution in [1.82, 2.24) is 15.3 Å². The van der Waals surface area contributed by atoms with Crippen molar-refractivity contribution < 1.29 is 14.3 Å². The van der Waals surface area contributed by atoms with Crippen LogP contribution in [0.4, 0.5) is 0 Å². The minimum atomic E-state index is -0.331. The van der Waals surface area contributed by atoms with Crippen LogP contribution in [0.1, 0.15) is 39.1 Å². The smallest absolute Gasteiger partial charge is 0.258 e. The molecule has 0 aliphatic rings. The van der Waals surface area contributed by atoms with Gasteiger partial charge in [0.25, 0.3) is 5.91 Å². The van der Waals surface area contributed by atoms with Crippen molar-refractivity contribution in [3.8, 4) is 17.6 Å². The molecule has 7 nitrogen and oxygen atoms in total. The van der Waals surface area contributed by atoms with Gasteiger partial charge in [0.05, 0.1) is 23.2 Å². The Balaban J connectivity index is 1.83. The number of carbonyl (C=O) groups excluding carboxylic acids is 1. The van der Waals surface area contributed by atoms with Gasteiger partial charge in [0.15, 0.2) is 18.1 Å². The molecule has 1 heterocycles. The van der Waals surface area contributed by atoms with E-state index in [2.05, 4.69) is 21.4 Å². The van der Waals surface area contributed by atoms with Crippen LogP contribution in [0, 0.1) is 11.3 Å². The molecule has 2 aromatic carbocycles. The van der Waals surface area contributed by atoms with Crippen LogP contribution >= 0.6 is 0 Å². The number of amides is 1. The standard InChI is InChI=1S/C24H26N4O3/c1-5-30-21-13-16(10-11-20(21)31-15-22(29)28-24(2,3)4)12-17(14-25)23-26-18-8-6-7-9-19(18)27-23/h6-13H,5,15H2,1-4H3,(H,26,27)(H,28,29)/b17-12+. The first-order chi connectivity index (χ1) is 14.8. The second-order valence-electron chi connectivity index (χ2n) is 8.00. The number of fused-ring (bicyclic) bond motifs is 1. The molecule has 0 spiro atoms. The van der Waals surface area contributed by atoms with Gasteiger partial charge in [-0.25, -0.2) is 4.98 Å². The van der Waals surface area contributed by atoms with E-state index in [1.54, 1.807) is 24.3 Å². The fourth-order valence-electron chi connectivity index (χ4n) is 3.00. The van der Waals surface area contributed by atoms with Crippen molar-refractivity contribution in [3.05, 3.63) is 53.9 Å². The Morgan fingerprint density at radius 2 is 1.97 bits per heavy atom. The molecule has 31 heavy (non-hydrogen) atoms. The molecule has 0 aliphatic heterocycles. The number of hydrogen-bond donors (Lipinski definition) is 2. The maximum absolute atomic E-state index is 12.1. The highest BCUT2D eigenvalue weighted by Gasteiger charge is 2.15.